The predicted octanol–water partition coefficient (Wildman–Crippen LogP) is 2.88. The summed E-state index contributed by atoms with van der Waals surface area (Å²) in [4.78, 5) is 21.9. The van der Waals surface area contributed by atoms with E-state index in [1.807, 2.05) is 41.6 Å². The van der Waals surface area contributed by atoms with Crippen molar-refractivity contribution in [1.29, 1.82) is 0 Å². The van der Waals surface area contributed by atoms with E-state index >= 15 is 0 Å². The summed E-state index contributed by atoms with van der Waals surface area (Å²) in [5.74, 6) is 2.70. The monoisotopic (exact) mass is 456 g/mol. The van der Waals surface area contributed by atoms with E-state index in [1.165, 1.54) is 0 Å². The summed E-state index contributed by atoms with van der Waals surface area (Å²) in [5.41, 5.74) is 1.13. The van der Waals surface area contributed by atoms with Crippen LogP contribution < -0.4 is 9.47 Å². The number of amides is 1. The smallest absolute Gasteiger partial charge is 0.224 e. The number of hydrogen-bond donors (Lipinski definition) is 0. The Bertz CT molecular complexity index is 916. The summed E-state index contributed by atoms with van der Waals surface area (Å²) in [5, 5.41) is 0. The predicted molar refractivity (Wildman–Crippen MR) is 126 cm³/mol. The number of fused-ring (bicyclic) bond motifs is 2. The van der Waals surface area contributed by atoms with Crippen LogP contribution in [-0.2, 0) is 22.6 Å². The average Bonchev–Trinajstić information content (AvgIpc) is 3.43. The molecule has 0 N–H and O–H groups in total. The molecule has 0 saturated carbocycles. The minimum absolute atomic E-state index is 0.170. The number of benzene rings is 1. The second-order valence-electron chi connectivity index (χ2n) is 8.66. The molecule has 3 heterocycles. The van der Waals surface area contributed by atoms with Gasteiger partial charge in [-0.1, -0.05) is 12.1 Å². The summed E-state index contributed by atoms with van der Waals surface area (Å²) in [7, 11) is 0. The van der Waals surface area contributed by atoms with Gasteiger partial charge in [-0.2, -0.15) is 0 Å². The lowest BCUT2D eigenvalue weighted by molar-refractivity contribution is -0.133. The molecule has 1 fully saturated rings. The van der Waals surface area contributed by atoms with E-state index in [4.69, 9.17) is 14.2 Å². The van der Waals surface area contributed by atoms with Crippen LogP contribution in [0.4, 0.5) is 0 Å². The van der Waals surface area contributed by atoms with Crippen LogP contribution >= 0.6 is 0 Å². The Balaban J connectivity index is 1.48. The number of nitrogens with zero attached hydrogens (tertiary/aromatic N) is 4. The van der Waals surface area contributed by atoms with Gasteiger partial charge < -0.3 is 23.7 Å². The van der Waals surface area contributed by atoms with Crippen LogP contribution in [-0.4, -0.2) is 77.4 Å². The fraction of sp³-hybridized carbons (Fsp3) is 0.600. The molecule has 8 heteroatoms. The zero-order chi connectivity index (χ0) is 23.0. The third-order valence-corrected chi connectivity index (χ3v) is 6.49. The zero-order valence-corrected chi connectivity index (χ0v) is 19.9. The van der Waals surface area contributed by atoms with Crippen molar-refractivity contribution in [2.24, 2.45) is 0 Å². The highest BCUT2D eigenvalue weighted by atomic mass is 16.5. The van der Waals surface area contributed by atoms with Crippen molar-refractivity contribution in [3.63, 3.8) is 0 Å². The number of carbonyl (C=O) groups excluding carboxylic acids is 1. The van der Waals surface area contributed by atoms with Crippen LogP contribution in [0.3, 0.4) is 0 Å². The van der Waals surface area contributed by atoms with Gasteiger partial charge in [0.1, 0.15) is 12.4 Å². The molecule has 1 atom stereocenters. The van der Waals surface area contributed by atoms with Crippen LogP contribution in [0.2, 0.25) is 0 Å². The lowest BCUT2D eigenvalue weighted by atomic mass is 10.1. The maximum atomic E-state index is 13.2. The Morgan fingerprint density at radius 1 is 1.24 bits per heavy atom. The highest BCUT2D eigenvalue weighted by molar-refractivity contribution is 5.76. The number of ether oxygens (including phenoxy) is 3. The van der Waals surface area contributed by atoms with Crippen molar-refractivity contribution in [1.82, 2.24) is 19.4 Å². The summed E-state index contributed by atoms with van der Waals surface area (Å²) >= 11 is 0. The van der Waals surface area contributed by atoms with Crippen molar-refractivity contribution in [3.8, 4) is 11.5 Å². The first-order chi connectivity index (χ1) is 16.2. The molecule has 0 aliphatic carbocycles. The number of aromatic nitrogens is 2. The molecule has 1 aromatic carbocycles. The molecule has 1 aromatic heterocycles. The SMILES string of the molecule is CCOc1cccc2c1OCCOCCN(C(=O)CCn1ccnc1C)C[C@@H]1CCCN1C2. The van der Waals surface area contributed by atoms with Gasteiger partial charge in [-0.3, -0.25) is 9.69 Å². The van der Waals surface area contributed by atoms with Crippen LogP contribution in [0.25, 0.3) is 0 Å². The largest absolute Gasteiger partial charge is 0.490 e. The van der Waals surface area contributed by atoms with E-state index in [-0.39, 0.29) is 5.91 Å². The van der Waals surface area contributed by atoms with Crippen LogP contribution in [0.5, 0.6) is 11.5 Å². The average molecular weight is 457 g/mol. The van der Waals surface area contributed by atoms with Crippen LogP contribution in [0.1, 0.15) is 37.6 Å². The fourth-order valence-electron chi connectivity index (χ4n) is 4.71. The van der Waals surface area contributed by atoms with Gasteiger partial charge in [0.25, 0.3) is 0 Å². The van der Waals surface area contributed by atoms with E-state index in [0.29, 0.717) is 52.0 Å². The first-order valence-electron chi connectivity index (χ1n) is 12.1. The van der Waals surface area contributed by atoms with Crippen LogP contribution in [0, 0.1) is 6.92 Å². The van der Waals surface area contributed by atoms with Crippen molar-refractivity contribution in [2.45, 2.75) is 52.2 Å². The van der Waals surface area contributed by atoms with Gasteiger partial charge in [0.2, 0.25) is 5.91 Å². The van der Waals surface area contributed by atoms with Gasteiger partial charge in [0, 0.05) is 56.6 Å². The molecule has 1 saturated heterocycles. The lowest BCUT2D eigenvalue weighted by Gasteiger charge is -2.31. The fourth-order valence-corrected chi connectivity index (χ4v) is 4.71. The number of carbonyl (C=O) groups is 1. The summed E-state index contributed by atoms with van der Waals surface area (Å²) < 4.78 is 19.8. The van der Waals surface area contributed by atoms with Gasteiger partial charge in [-0.25, -0.2) is 4.98 Å². The highest BCUT2D eigenvalue weighted by Gasteiger charge is 2.29. The Kier molecular flexibility index (Phi) is 8.23. The van der Waals surface area contributed by atoms with Gasteiger partial charge in [0.15, 0.2) is 11.5 Å². The van der Waals surface area contributed by atoms with E-state index < -0.39 is 0 Å². The Hall–Kier alpha value is -2.58. The normalized spacial score (nSPS) is 20.1. The number of rotatable bonds is 5. The molecule has 0 unspecified atom stereocenters. The minimum Gasteiger partial charge on any atom is -0.490 e. The van der Waals surface area contributed by atoms with Crippen LogP contribution in [0.15, 0.2) is 30.6 Å². The molecular formula is C25H36N4O4. The van der Waals surface area contributed by atoms with E-state index in [9.17, 15) is 4.79 Å². The number of hydrogen-bond acceptors (Lipinski definition) is 6. The highest BCUT2D eigenvalue weighted by Crippen LogP contribution is 2.34. The molecule has 33 heavy (non-hydrogen) atoms. The topological polar surface area (TPSA) is 69.1 Å². The van der Waals surface area contributed by atoms with Crippen molar-refractivity contribution >= 4 is 5.91 Å². The van der Waals surface area contributed by atoms with Gasteiger partial charge >= 0.3 is 0 Å². The summed E-state index contributed by atoms with van der Waals surface area (Å²) in [6.45, 7) is 9.77. The van der Waals surface area contributed by atoms with Crippen molar-refractivity contribution < 1.29 is 19.0 Å². The summed E-state index contributed by atoms with van der Waals surface area (Å²) in [6, 6.07) is 6.43. The Morgan fingerprint density at radius 2 is 2.15 bits per heavy atom. The quantitative estimate of drug-likeness (QED) is 0.689. The third-order valence-electron chi connectivity index (χ3n) is 6.49. The van der Waals surface area contributed by atoms with Gasteiger partial charge in [-0.05, 0) is 39.3 Å². The lowest BCUT2D eigenvalue weighted by Crippen LogP contribution is -2.44. The number of imidazole rings is 1. The third kappa shape index (κ3) is 6.06. The first kappa shape index (κ1) is 23.6. The first-order valence-corrected chi connectivity index (χ1v) is 12.1. The molecule has 4 rings (SSSR count). The van der Waals surface area contributed by atoms with E-state index in [1.54, 1.807) is 6.20 Å². The van der Waals surface area contributed by atoms with Crippen molar-refractivity contribution in [2.75, 3.05) is 46.1 Å². The van der Waals surface area contributed by atoms with Gasteiger partial charge in [0.05, 0.1) is 19.8 Å². The standard InChI is InChI=1S/C25H36N4O4/c1-3-32-23-8-4-6-21-18-28-11-5-7-22(28)19-29(14-15-31-16-17-33-25(21)23)24(30)9-12-27-13-10-26-20(27)2/h4,6,8,10,13,22H,3,5,7,9,11-12,14-19H2,1-2H3/t22-/m0/s1. The van der Waals surface area contributed by atoms with E-state index in [2.05, 4.69) is 16.0 Å². The maximum Gasteiger partial charge on any atom is 0.224 e. The molecule has 0 radical (unpaired) electrons. The molecule has 180 valence electrons. The number of aryl methyl sites for hydroxylation is 2. The second-order valence-corrected chi connectivity index (χ2v) is 8.66. The Morgan fingerprint density at radius 3 is 2.97 bits per heavy atom. The number of para-hydroxylation sites is 1. The summed E-state index contributed by atoms with van der Waals surface area (Å²) in [6.07, 6.45) is 6.40. The van der Waals surface area contributed by atoms with Gasteiger partial charge in [-0.15, -0.1) is 0 Å². The maximum absolute atomic E-state index is 13.2. The second kappa shape index (κ2) is 11.5. The molecule has 2 aliphatic rings. The minimum atomic E-state index is 0.170. The molecule has 1 amide bonds. The molecule has 0 spiro atoms. The molecular weight excluding hydrogens is 420 g/mol. The van der Waals surface area contributed by atoms with E-state index in [0.717, 1.165) is 55.4 Å². The molecule has 2 aromatic rings. The van der Waals surface area contributed by atoms with Crippen molar-refractivity contribution in [3.05, 3.63) is 42.0 Å². The molecule has 0 bridgehead atoms. The zero-order valence-electron chi connectivity index (χ0n) is 19.9. The Labute approximate surface area is 196 Å². The molecule has 8 nitrogen and oxygen atoms in total. The molecule has 2 aliphatic heterocycles.